The topological polar surface area (TPSA) is 69.3 Å². The highest BCUT2D eigenvalue weighted by molar-refractivity contribution is 7.91. The van der Waals surface area contributed by atoms with Crippen LogP contribution in [0.4, 0.5) is 5.69 Å². The normalized spacial score (nSPS) is 16.1. The van der Waals surface area contributed by atoms with Gasteiger partial charge in [0.25, 0.3) is 0 Å². The van der Waals surface area contributed by atoms with Crippen molar-refractivity contribution in [3.63, 3.8) is 0 Å². The van der Waals surface area contributed by atoms with E-state index < -0.39 is 9.84 Å². The molecule has 0 unspecified atom stereocenters. The van der Waals surface area contributed by atoms with Gasteiger partial charge in [-0.1, -0.05) is 31.2 Å². The van der Waals surface area contributed by atoms with Crippen LogP contribution in [0.2, 0.25) is 0 Å². The molecular formula is C20H24N4O2S. The fourth-order valence-corrected chi connectivity index (χ4v) is 5.12. The van der Waals surface area contributed by atoms with Gasteiger partial charge >= 0.3 is 0 Å². The van der Waals surface area contributed by atoms with Gasteiger partial charge in [0.15, 0.2) is 5.03 Å². The minimum Gasteiger partial charge on any atom is -0.368 e. The van der Waals surface area contributed by atoms with Crippen molar-refractivity contribution < 1.29 is 8.42 Å². The first-order valence-corrected chi connectivity index (χ1v) is 10.8. The SMILES string of the molecule is CCCN1CCN(c2cccc3n[nH]c(S(=O)(=O)c4ccccc4)c23)CC1. The van der Waals surface area contributed by atoms with Gasteiger partial charge in [0.2, 0.25) is 9.84 Å². The summed E-state index contributed by atoms with van der Waals surface area (Å²) in [6, 6.07) is 14.3. The van der Waals surface area contributed by atoms with Crippen LogP contribution in [0, 0.1) is 0 Å². The summed E-state index contributed by atoms with van der Waals surface area (Å²) in [6.07, 6.45) is 1.15. The van der Waals surface area contributed by atoms with Crippen LogP contribution in [0.5, 0.6) is 0 Å². The molecule has 1 saturated heterocycles. The molecular weight excluding hydrogens is 360 g/mol. The molecule has 1 aromatic heterocycles. The van der Waals surface area contributed by atoms with Gasteiger partial charge in [0.05, 0.1) is 15.8 Å². The van der Waals surface area contributed by atoms with E-state index in [2.05, 4.69) is 26.9 Å². The highest BCUT2D eigenvalue weighted by Crippen LogP contribution is 2.34. The van der Waals surface area contributed by atoms with Crippen LogP contribution < -0.4 is 4.90 Å². The average molecular weight is 385 g/mol. The maximum absolute atomic E-state index is 13.2. The molecule has 0 saturated carbocycles. The highest BCUT2D eigenvalue weighted by Gasteiger charge is 2.27. The number of rotatable bonds is 5. The third-order valence-electron chi connectivity index (χ3n) is 5.10. The van der Waals surface area contributed by atoms with Gasteiger partial charge in [0.1, 0.15) is 0 Å². The van der Waals surface area contributed by atoms with E-state index in [1.54, 1.807) is 24.3 Å². The summed E-state index contributed by atoms with van der Waals surface area (Å²) >= 11 is 0. The zero-order valence-corrected chi connectivity index (χ0v) is 16.2. The number of benzene rings is 2. The molecule has 0 atom stereocenters. The van der Waals surface area contributed by atoms with Crippen LogP contribution in [0.25, 0.3) is 10.9 Å². The minimum atomic E-state index is -3.66. The van der Waals surface area contributed by atoms with Crippen molar-refractivity contribution in [2.45, 2.75) is 23.3 Å². The highest BCUT2D eigenvalue weighted by atomic mass is 32.2. The molecule has 1 fully saturated rings. The molecule has 3 aromatic rings. The maximum atomic E-state index is 13.2. The van der Waals surface area contributed by atoms with E-state index in [1.165, 1.54) is 0 Å². The van der Waals surface area contributed by atoms with Crippen molar-refractivity contribution >= 4 is 26.4 Å². The summed E-state index contributed by atoms with van der Waals surface area (Å²) in [5.74, 6) is 0. The number of hydrogen-bond acceptors (Lipinski definition) is 5. The first-order valence-electron chi connectivity index (χ1n) is 9.36. The Morgan fingerprint density at radius 2 is 1.74 bits per heavy atom. The van der Waals surface area contributed by atoms with Gasteiger partial charge in [0, 0.05) is 31.9 Å². The second-order valence-electron chi connectivity index (χ2n) is 6.87. The number of anilines is 1. The van der Waals surface area contributed by atoms with Gasteiger partial charge < -0.3 is 4.90 Å². The Balaban J connectivity index is 1.75. The van der Waals surface area contributed by atoms with Gasteiger partial charge in [-0.15, -0.1) is 0 Å². The molecule has 2 heterocycles. The smallest absolute Gasteiger partial charge is 0.223 e. The number of fused-ring (bicyclic) bond motifs is 1. The van der Waals surface area contributed by atoms with Gasteiger partial charge in [-0.25, -0.2) is 8.42 Å². The molecule has 0 spiro atoms. The van der Waals surface area contributed by atoms with Crippen molar-refractivity contribution in [3.05, 3.63) is 48.5 Å². The number of nitrogens with one attached hydrogen (secondary N) is 1. The fourth-order valence-electron chi connectivity index (χ4n) is 3.73. The molecule has 27 heavy (non-hydrogen) atoms. The number of H-pyrrole nitrogens is 1. The lowest BCUT2D eigenvalue weighted by Crippen LogP contribution is -2.46. The molecule has 1 aliphatic heterocycles. The standard InChI is InChI=1S/C20H24N4O2S/c1-2-11-23-12-14-24(15-13-23)18-10-6-9-17-19(18)20(22-21-17)27(25,26)16-7-4-3-5-8-16/h3-10H,2,11-15H2,1H3,(H,21,22). The van der Waals surface area contributed by atoms with Crippen LogP contribution in [-0.4, -0.2) is 56.2 Å². The van der Waals surface area contributed by atoms with Crippen LogP contribution >= 0.6 is 0 Å². The minimum absolute atomic E-state index is 0.176. The van der Waals surface area contributed by atoms with Crippen LogP contribution in [-0.2, 0) is 9.84 Å². The summed E-state index contributed by atoms with van der Waals surface area (Å²) in [7, 11) is -3.66. The van der Waals surface area contributed by atoms with Gasteiger partial charge in [-0.3, -0.25) is 10.00 Å². The van der Waals surface area contributed by atoms with E-state index in [1.807, 2.05) is 24.3 Å². The number of sulfone groups is 1. The van der Waals surface area contributed by atoms with Gasteiger partial charge in [-0.2, -0.15) is 5.10 Å². The summed E-state index contributed by atoms with van der Waals surface area (Å²) in [6.45, 7) is 7.05. The summed E-state index contributed by atoms with van der Waals surface area (Å²) < 4.78 is 26.4. The van der Waals surface area contributed by atoms with Crippen molar-refractivity contribution in [2.75, 3.05) is 37.6 Å². The molecule has 2 aromatic carbocycles. The molecule has 142 valence electrons. The molecule has 1 N–H and O–H groups in total. The Kier molecular flexibility index (Phi) is 4.88. The summed E-state index contributed by atoms with van der Waals surface area (Å²) in [5.41, 5.74) is 1.62. The second kappa shape index (κ2) is 7.32. The quantitative estimate of drug-likeness (QED) is 0.732. The number of nitrogens with zero attached hydrogens (tertiary/aromatic N) is 3. The molecule has 6 nitrogen and oxygen atoms in total. The number of aromatic amines is 1. The Bertz CT molecular complexity index is 1020. The first kappa shape index (κ1) is 18.0. The van der Waals surface area contributed by atoms with E-state index in [-0.39, 0.29) is 9.92 Å². The average Bonchev–Trinajstić information content (AvgIpc) is 3.15. The van der Waals surface area contributed by atoms with Crippen LogP contribution in [0.3, 0.4) is 0 Å². The van der Waals surface area contributed by atoms with E-state index in [9.17, 15) is 8.42 Å². The first-order chi connectivity index (χ1) is 13.1. The second-order valence-corrected chi connectivity index (χ2v) is 8.76. The van der Waals surface area contributed by atoms with E-state index in [0.717, 1.165) is 44.8 Å². The monoisotopic (exact) mass is 384 g/mol. The molecule has 0 bridgehead atoms. The lowest BCUT2D eigenvalue weighted by atomic mass is 10.2. The molecule has 1 aliphatic rings. The maximum Gasteiger partial charge on any atom is 0.223 e. The van der Waals surface area contributed by atoms with Crippen molar-refractivity contribution in [2.24, 2.45) is 0 Å². The predicted molar refractivity (Wildman–Crippen MR) is 107 cm³/mol. The third kappa shape index (κ3) is 3.33. The number of hydrogen-bond donors (Lipinski definition) is 1. The molecule has 0 aliphatic carbocycles. The van der Waals surface area contributed by atoms with Crippen molar-refractivity contribution in [3.8, 4) is 0 Å². The van der Waals surface area contributed by atoms with Crippen molar-refractivity contribution in [1.29, 1.82) is 0 Å². The summed E-state index contributed by atoms with van der Waals surface area (Å²) in [5, 5.41) is 7.92. The molecule has 0 amide bonds. The van der Waals surface area contributed by atoms with Crippen LogP contribution in [0.15, 0.2) is 58.5 Å². The van der Waals surface area contributed by atoms with Crippen LogP contribution in [0.1, 0.15) is 13.3 Å². The fraction of sp³-hybridized carbons (Fsp3) is 0.350. The lowest BCUT2D eigenvalue weighted by Gasteiger charge is -2.36. The van der Waals surface area contributed by atoms with E-state index >= 15 is 0 Å². The predicted octanol–water partition coefficient (Wildman–Crippen LogP) is 2.93. The summed E-state index contributed by atoms with van der Waals surface area (Å²) in [4.78, 5) is 5.00. The zero-order chi connectivity index (χ0) is 18.9. The number of aromatic nitrogens is 2. The Labute approximate surface area is 159 Å². The Morgan fingerprint density at radius 3 is 2.44 bits per heavy atom. The largest absolute Gasteiger partial charge is 0.368 e. The Hall–Kier alpha value is -2.38. The Morgan fingerprint density at radius 1 is 1.00 bits per heavy atom. The molecule has 4 rings (SSSR count). The zero-order valence-electron chi connectivity index (χ0n) is 15.4. The molecule has 7 heteroatoms. The van der Waals surface area contributed by atoms with Crippen molar-refractivity contribution in [1.82, 2.24) is 15.1 Å². The lowest BCUT2D eigenvalue weighted by molar-refractivity contribution is 0.258. The van der Waals surface area contributed by atoms with E-state index in [4.69, 9.17) is 0 Å². The molecule has 0 radical (unpaired) electrons. The van der Waals surface area contributed by atoms with Gasteiger partial charge in [-0.05, 0) is 37.2 Å². The third-order valence-corrected chi connectivity index (χ3v) is 6.83. The number of piperazine rings is 1. The van der Waals surface area contributed by atoms with E-state index in [0.29, 0.717) is 10.9 Å².